The molecule has 1 atom stereocenters. The van der Waals surface area contributed by atoms with Gasteiger partial charge in [0.25, 0.3) is 0 Å². The Morgan fingerprint density at radius 3 is 1.71 bits per heavy atom. The van der Waals surface area contributed by atoms with Gasteiger partial charge in [0.15, 0.2) is 0 Å². The van der Waals surface area contributed by atoms with Crippen molar-refractivity contribution in [1.82, 2.24) is 0 Å². The number of hydrogen-bond acceptors (Lipinski definition) is 0. The predicted octanol–water partition coefficient (Wildman–Crippen LogP) is 3.05. The summed E-state index contributed by atoms with van der Waals surface area (Å²) in [5.74, 6) is 0. The average Bonchev–Trinajstić information content (AvgIpc) is 1.65. The minimum absolute atomic E-state index is 0.289. The summed E-state index contributed by atoms with van der Waals surface area (Å²) in [6.07, 6.45) is 1.81. The molecule has 0 aliphatic carbocycles. The lowest BCUT2D eigenvalue weighted by Crippen LogP contribution is -2.00. The van der Waals surface area contributed by atoms with Crippen LogP contribution in [0, 0.1) is 0 Å². The topological polar surface area (TPSA) is 0 Å². The van der Waals surface area contributed by atoms with Crippen LogP contribution in [0.2, 0.25) is 0 Å². The van der Waals surface area contributed by atoms with Gasteiger partial charge in [-0.3, -0.25) is 0 Å². The molecule has 0 aromatic heterocycles. The average molecular weight is 293 g/mol. The van der Waals surface area contributed by atoms with Crippen LogP contribution in [-0.2, 0) is 0 Å². The summed E-state index contributed by atoms with van der Waals surface area (Å²) in [6.45, 7) is 3.57. The predicted molar refractivity (Wildman–Crippen MR) is 44.6 cm³/mol. The van der Waals surface area contributed by atoms with Gasteiger partial charge in [-0.05, 0) is 0 Å². The van der Waals surface area contributed by atoms with E-state index >= 15 is 0 Å². The molecule has 0 radical (unpaired) electrons. The summed E-state index contributed by atoms with van der Waals surface area (Å²) >= 11 is 9.93. The Kier molecular flexibility index (Phi) is 4.79. The summed E-state index contributed by atoms with van der Waals surface area (Å²) in [5, 5.41) is 0. The van der Waals surface area contributed by atoms with Crippen molar-refractivity contribution in [3.05, 3.63) is 12.7 Å². The van der Waals surface area contributed by atoms with Crippen LogP contribution >= 0.6 is 47.8 Å². The lowest BCUT2D eigenvalue weighted by molar-refractivity contribution is 1.27. The summed E-state index contributed by atoms with van der Waals surface area (Å²) in [4.78, 5) is 0.312. The number of hydrogen-bond donors (Lipinski definition) is 0. The number of rotatable bonds is 2. The Bertz CT molecular complexity index is 60.0. The third-order valence-corrected chi connectivity index (χ3v) is 3.93. The van der Waals surface area contributed by atoms with E-state index in [1.165, 1.54) is 0 Å². The zero-order valence-electron chi connectivity index (χ0n) is 3.57. The van der Waals surface area contributed by atoms with Gasteiger partial charge >= 0.3 is 0 Å². The molecule has 0 amide bonds. The van der Waals surface area contributed by atoms with Gasteiger partial charge in [0.1, 0.15) is 0 Å². The highest BCUT2D eigenvalue weighted by Gasteiger charge is 2.05. The molecule has 0 fully saturated rings. The molecule has 0 aliphatic heterocycles. The third kappa shape index (κ3) is 3.74. The number of halogens is 3. The second kappa shape index (κ2) is 4.10. The van der Waals surface area contributed by atoms with Gasteiger partial charge in [0.05, 0.1) is 8.56 Å². The van der Waals surface area contributed by atoms with Crippen molar-refractivity contribution in [2.24, 2.45) is 0 Å². The molecule has 42 valence electrons. The van der Waals surface area contributed by atoms with Crippen molar-refractivity contribution >= 4 is 47.8 Å². The molecule has 0 N–H and O–H groups in total. The van der Waals surface area contributed by atoms with Crippen molar-refractivity contribution in [2.75, 3.05) is 0 Å². The van der Waals surface area contributed by atoms with E-state index in [9.17, 15) is 0 Å². The lowest BCUT2D eigenvalue weighted by Gasteiger charge is -2.01. The van der Waals surface area contributed by atoms with E-state index in [4.69, 9.17) is 0 Å². The highest BCUT2D eigenvalue weighted by Crippen LogP contribution is 2.20. The van der Waals surface area contributed by atoms with Crippen LogP contribution in [0.4, 0.5) is 0 Å². The highest BCUT2D eigenvalue weighted by molar-refractivity contribution is 9.25. The van der Waals surface area contributed by atoms with Gasteiger partial charge in [0, 0.05) is 0 Å². The molecule has 1 unspecified atom stereocenters. The zero-order chi connectivity index (χ0) is 5.86. The third-order valence-electron chi connectivity index (χ3n) is 0.466. The Balaban J connectivity index is 3.33. The first kappa shape index (κ1) is 8.18. The van der Waals surface area contributed by atoms with E-state index in [2.05, 4.69) is 54.4 Å². The number of alkyl halides is 3. The molecule has 0 spiro atoms. The SMILES string of the molecule is C=CC(Br)C(Br)Br. The molecular formula is C4H5Br3. The van der Waals surface area contributed by atoms with Gasteiger partial charge in [-0.15, -0.1) is 6.58 Å². The van der Waals surface area contributed by atoms with Crippen LogP contribution in [0.15, 0.2) is 12.7 Å². The number of allylic oxidation sites excluding steroid dienone is 1. The van der Waals surface area contributed by atoms with Gasteiger partial charge < -0.3 is 0 Å². The van der Waals surface area contributed by atoms with E-state index in [1.807, 2.05) is 6.08 Å². The molecule has 0 aromatic rings. The van der Waals surface area contributed by atoms with Crippen LogP contribution in [0.3, 0.4) is 0 Å². The molecule has 0 nitrogen and oxygen atoms in total. The largest absolute Gasteiger partial charge is 0.102 e. The summed E-state index contributed by atoms with van der Waals surface area (Å²) < 4.78 is 0.289. The Morgan fingerprint density at radius 2 is 1.71 bits per heavy atom. The van der Waals surface area contributed by atoms with Gasteiger partial charge in [-0.2, -0.15) is 0 Å². The summed E-state index contributed by atoms with van der Waals surface area (Å²) in [5.41, 5.74) is 0. The normalized spacial score (nSPS) is 14.3. The highest BCUT2D eigenvalue weighted by atomic mass is 79.9. The van der Waals surface area contributed by atoms with Crippen molar-refractivity contribution in [3.8, 4) is 0 Å². The first-order chi connectivity index (χ1) is 3.18. The van der Waals surface area contributed by atoms with Crippen molar-refractivity contribution in [1.29, 1.82) is 0 Å². The minimum atomic E-state index is 0.289. The van der Waals surface area contributed by atoms with Crippen molar-refractivity contribution < 1.29 is 0 Å². The molecule has 0 rings (SSSR count). The molecule has 0 saturated carbocycles. The molecule has 0 saturated heterocycles. The molecule has 0 heterocycles. The Morgan fingerprint density at radius 1 is 1.29 bits per heavy atom. The van der Waals surface area contributed by atoms with Crippen molar-refractivity contribution in [2.45, 2.75) is 8.56 Å². The molecule has 7 heavy (non-hydrogen) atoms. The van der Waals surface area contributed by atoms with Gasteiger partial charge in [-0.1, -0.05) is 53.9 Å². The van der Waals surface area contributed by atoms with Gasteiger partial charge in [0.2, 0.25) is 0 Å². The Hall–Kier alpha value is 1.18. The van der Waals surface area contributed by atoms with E-state index in [0.29, 0.717) is 4.83 Å². The summed E-state index contributed by atoms with van der Waals surface area (Å²) in [7, 11) is 0. The fraction of sp³-hybridized carbons (Fsp3) is 0.500. The van der Waals surface area contributed by atoms with Crippen molar-refractivity contribution in [3.63, 3.8) is 0 Å². The molecule has 0 aromatic carbocycles. The maximum atomic E-state index is 3.57. The van der Waals surface area contributed by atoms with Crippen LogP contribution in [0.1, 0.15) is 0 Å². The lowest BCUT2D eigenvalue weighted by atomic mass is 10.5. The fourth-order valence-corrected chi connectivity index (χ4v) is 0.535. The van der Waals surface area contributed by atoms with Crippen LogP contribution in [0.25, 0.3) is 0 Å². The summed E-state index contributed by atoms with van der Waals surface area (Å²) in [6, 6.07) is 0. The zero-order valence-corrected chi connectivity index (χ0v) is 8.33. The second-order valence-electron chi connectivity index (χ2n) is 1.01. The smallest absolute Gasteiger partial charge is 0.0857 e. The quantitative estimate of drug-likeness (QED) is 0.542. The first-order valence-electron chi connectivity index (χ1n) is 1.73. The molecule has 3 heteroatoms. The molecule has 0 bridgehead atoms. The maximum Gasteiger partial charge on any atom is 0.0857 e. The standard InChI is InChI=1S/C4H5Br3/c1-2-3(5)4(6)7/h2-4H,1H2. The van der Waals surface area contributed by atoms with Crippen LogP contribution in [-0.4, -0.2) is 8.56 Å². The minimum Gasteiger partial charge on any atom is -0.102 e. The van der Waals surface area contributed by atoms with E-state index in [-0.39, 0.29) is 3.74 Å². The molecular weight excluding hydrogens is 288 g/mol. The van der Waals surface area contributed by atoms with Crippen LogP contribution < -0.4 is 0 Å². The monoisotopic (exact) mass is 290 g/mol. The first-order valence-corrected chi connectivity index (χ1v) is 4.48. The molecule has 0 aliphatic rings. The van der Waals surface area contributed by atoms with Gasteiger partial charge in [-0.25, -0.2) is 0 Å². The van der Waals surface area contributed by atoms with E-state index < -0.39 is 0 Å². The second-order valence-corrected chi connectivity index (χ2v) is 5.27. The van der Waals surface area contributed by atoms with E-state index in [0.717, 1.165) is 0 Å². The maximum absolute atomic E-state index is 3.57. The van der Waals surface area contributed by atoms with Crippen LogP contribution in [0.5, 0.6) is 0 Å². The Labute approximate surface area is 68.7 Å². The fourth-order valence-electron chi connectivity index (χ4n) is 0.103. The van der Waals surface area contributed by atoms with E-state index in [1.54, 1.807) is 0 Å².